The molecule has 2 aromatic carbocycles. The minimum atomic E-state index is -0.666. The predicted octanol–water partition coefficient (Wildman–Crippen LogP) is 2.69. The van der Waals surface area contributed by atoms with Crippen molar-refractivity contribution in [1.29, 1.82) is 0 Å². The topological polar surface area (TPSA) is 81.7 Å². The van der Waals surface area contributed by atoms with Crippen molar-refractivity contribution in [2.45, 2.75) is 19.9 Å². The number of Topliss-reactive ketones (excluding diaryl/α,β-unsaturated/α-hetero) is 1. The summed E-state index contributed by atoms with van der Waals surface area (Å²) < 4.78 is 10.2. The highest BCUT2D eigenvalue weighted by molar-refractivity contribution is 5.94. The quantitative estimate of drug-likeness (QED) is 0.582. The Morgan fingerprint density at radius 3 is 2.42 bits per heavy atom. The van der Waals surface area contributed by atoms with E-state index < -0.39 is 11.9 Å². The van der Waals surface area contributed by atoms with Crippen LogP contribution in [0.3, 0.4) is 0 Å². The van der Waals surface area contributed by atoms with Gasteiger partial charge in [0.15, 0.2) is 19.0 Å². The van der Waals surface area contributed by atoms with Crippen molar-refractivity contribution in [1.82, 2.24) is 5.32 Å². The molecule has 0 fully saturated rings. The molecule has 6 nitrogen and oxygen atoms in total. The van der Waals surface area contributed by atoms with Crippen molar-refractivity contribution in [3.05, 3.63) is 65.7 Å². The summed E-state index contributed by atoms with van der Waals surface area (Å²) >= 11 is 0. The van der Waals surface area contributed by atoms with Gasteiger partial charge in [0.25, 0.3) is 5.91 Å². The monoisotopic (exact) mass is 355 g/mol. The van der Waals surface area contributed by atoms with E-state index in [-0.39, 0.29) is 25.0 Å². The van der Waals surface area contributed by atoms with Crippen LogP contribution in [0.15, 0.2) is 54.6 Å². The molecule has 0 unspecified atom stereocenters. The number of rotatable bonds is 8. The number of esters is 1. The number of benzene rings is 2. The number of ether oxygens (including phenoxy) is 2. The molecule has 1 amide bonds. The minimum Gasteiger partial charge on any atom is -0.482 e. The maximum atomic E-state index is 11.9. The van der Waals surface area contributed by atoms with Gasteiger partial charge < -0.3 is 14.8 Å². The van der Waals surface area contributed by atoms with Crippen molar-refractivity contribution >= 4 is 17.7 Å². The van der Waals surface area contributed by atoms with Crippen LogP contribution in [0.25, 0.3) is 0 Å². The summed E-state index contributed by atoms with van der Waals surface area (Å²) in [6.07, 6.45) is 0. The van der Waals surface area contributed by atoms with Gasteiger partial charge in [-0.15, -0.1) is 0 Å². The molecule has 6 heteroatoms. The fourth-order valence-corrected chi connectivity index (χ4v) is 2.24. The number of amides is 1. The second-order valence-corrected chi connectivity index (χ2v) is 5.73. The highest BCUT2D eigenvalue weighted by atomic mass is 16.6. The Morgan fingerprint density at radius 1 is 1.00 bits per heavy atom. The van der Waals surface area contributed by atoms with Gasteiger partial charge in [-0.2, -0.15) is 0 Å². The van der Waals surface area contributed by atoms with Gasteiger partial charge in [-0.1, -0.05) is 42.5 Å². The standard InChI is InChI=1S/C20H21NO5/c1-14(16-7-4-3-5-8-16)21-19(23)12-26-20(24)13-25-18-10-6-9-17(11-18)15(2)22/h3-11,14H,12-13H2,1-2H3,(H,21,23)/t14-/m1/s1. The number of carbonyl (C=O) groups excluding carboxylic acids is 3. The first-order chi connectivity index (χ1) is 12.5. The molecule has 136 valence electrons. The summed E-state index contributed by atoms with van der Waals surface area (Å²) in [7, 11) is 0. The highest BCUT2D eigenvalue weighted by Crippen LogP contribution is 2.14. The summed E-state index contributed by atoms with van der Waals surface area (Å²) in [5.74, 6) is -0.770. The molecule has 2 rings (SSSR count). The van der Waals surface area contributed by atoms with Crippen molar-refractivity contribution < 1.29 is 23.9 Å². The molecule has 0 radical (unpaired) electrons. The lowest BCUT2D eigenvalue weighted by Gasteiger charge is -2.14. The molecule has 1 atom stereocenters. The first-order valence-electron chi connectivity index (χ1n) is 8.19. The fraction of sp³-hybridized carbons (Fsp3) is 0.250. The molecule has 0 spiro atoms. The number of ketones is 1. The van der Waals surface area contributed by atoms with E-state index in [1.54, 1.807) is 24.3 Å². The third kappa shape index (κ3) is 6.05. The summed E-state index contributed by atoms with van der Waals surface area (Å²) in [4.78, 5) is 34.9. The largest absolute Gasteiger partial charge is 0.482 e. The van der Waals surface area contributed by atoms with E-state index in [2.05, 4.69) is 5.32 Å². The Labute approximate surface area is 152 Å². The normalized spacial score (nSPS) is 11.3. The molecule has 0 bridgehead atoms. The molecule has 0 aliphatic carbocycles. The van der Waals surface area contributed by atoms with E-state index in [9.17, 15) is 14.4 Å². The van der Waals surface area contributed by atoms with Crippen LogP contribution in [0.1, 0.15) is 35.8 Å². The Morgan fingerprint density at radius 2 is 1.73 bits per heavy atom. The van der Waals surface area contributed by atoms with E-state index >= 15 is 0 Å². The van der Waals surface area contributed by atoms with Crippen LogP contribution >= 0.6 is 0 Å². The van der Waals surface area contributed by atoms with E-state index in [4.69, 9.17) is 9.47 Å². The molecular weight excluding hydrogens is 334 g/mol. The molecule has 0 saturated carbocycles. The Bertz CT molecular complexity index is 773. The van der Waals surface area contributed by atoms with Crippen LogP contribution in [-0.2, 0) is 14.3 Å². The lowest BCUT2D eigenvalue weighted by Crippen LogP contribution is -2.31. The van der Waals surface area contributed by atoms with Crippen LogP contribution in [0.2, 0.25) is 0 Å². The third-order valence-electron chi connectivity index (χ3n) is 3.64. The lowest BCUT2D eigenvalue weighted by molar-refractivity contribution is -0.150. The molecule has 0 aliphatic rings. The van der Waals surface area contributed by atoms with Crippen LogP contribution in [0.4, 0.5) is 0 Å². The average Bonchev–Trinajstić information content (AvgIpc) is 2.65. The van der Waals surface area contributed by atoms with Gasteiger partial charge in [0.1, 0.15) is 5.75 Å². The SMILES string of the molecule is CC(=O)c1cccc(OCC(=O)OCC(=O)N[C@H](C)c2ccccc2)c1. The van der Waals surface area contributed by atoms with Crippen LogP contribution < -0.4 is 10.1 Å². The average molecular weight is 355 g/mol. The van der Waals surface area contributed by atoms with Gasteiger partial charge in [0, 0.05) is 5.56 Å². The lowest BCUT2D eigenvalue weighted by atomic mass is 10.1. The summed E-state index contributed by atoms with van der Waals surface area (Å²) in [6.45, 7) is 2.57. The molecule has 1 N–H and O–H groups in total. The van der Waals surface area contributed by atoms with Crippen molar-refractivity contribution in [2.24, 2.45) is 0 Å². The van der Waals surface area contributed by atoms with Crippen molar-refractivity contribution in [3.8, 4) is 5.75 Å². The van der Waals surface area contributed by atoms with Gasteiger partial charge in [0.05, 0.1) is 6.04 Å². The molecule has 0 aromatic heterocycles. The number of carbonyl (C=O) groups is 3. The summed E-state index contributed by atoms with van der Waals surface area (Å²) in [5.41, 5.74) is 1.45. The van der Waals surface area contributed by atoms with Crippen LogP contribution in [0, 0.1) is 0 Å². The van der Waals surface area contributed by atoms with Crippen LogP contribution in [0.5, 0.6) is 5.75 Å². The molecular formula is C20H21NO5. The molecule has 0 saturated heterocycles. The molecule has 2 aromatic rings. The first kappa shape index (κ1) is 19.2. The Balaban J connectivity index is 1.73. The second-order valence-electron chi connectivity index (χ2n) is 5.73. The summed E-state index contributed by atoms with van der Waals surface area (Å²) in [6, 6.07) is 15.8. The van der Waals surface area contributed by atoms with E-state index in [0.717, 1.165) is 5.56 Å². The predicted molar refractivity (Wildman–Crippen MR) is 95.9 cm³/mol. The Kier molecular flexibility index (Phi) is 6.91. The minimum absolute atomic E-state index is 0.0952. The second kappa shape index (κ2) is 9.36. The maximum Gasteiger partial charge on any atom is 0.344 e. The van der Waals surface area contributed by atoms with E-state index in [1.165, 1.54) is 6.92 Å². The van der Waals surface area contributed by atoms with Gasteiger partial charge in [0.2, 0.25) is 0 Å². The van der Waals surface area contributed by atoms with E-state index in [0.29, 0.717) is 11.3 Å². The number of hydrogen-bond acceptors (Lipinski definition) is 5. The van der Waals surface area contributed by atoms with Crippen LogP contribution in [-0.4, -0.2) is 30.9 Å². The molecule has 0 aliphatic heterocycles. The highest BCUT2D eigenvalue weighted by Gasteiger charge is 2.12. The Hall–Kier alpha value is -3.15. The number of nitrogens with one attached hydrogen (secondary N) is 1. The number of hydrogen-bond donors (Lipinski definition) is 1. The zero-order valence-corrected chi connectivity index (χ0v) is 14.7. The fourth-order valence-electron chi connectivity index (χ4n) is 2.24. The maximum absolute atomic E-state index is 11.9. The zero-order chi connectivity index (χ0) is 18.9. The van der Waals surface area contributed by atoms with Gasteiger partial charge in [-0.05, 0) is 31.5 Å². The molecule has 26 heavy (non-hydrogen) atoms. The van der Waals surface area contributed by atoms with Gasteiger partial charge in [-0.3, -0.25) is 9.59 Å². The van der Waals surface area contributed by atoms with Crippen molar-refractivity contribution in [2.75, 3.05) is 13.2 Å². The zero-order valence-electron chi connectivity index (χ0n) is 14.7. The third-order valence-corrected chi connectivity index (χ3v) is 3.64. The molecule has 0 heterocycles. The first-order valence-corrected chi connectivity index (χ1v) is 8.19. The van der Waals surface area contributed by atoms with E-state index in [1.807, 2.05) is 37.3 Å². The summed E-state index contributed by atoms with van der Waals surface area (Å²) in [5, 5.41) is 2.75. The van der Waals surface area contributed by atoms with Crippen molar-refractivity contribution in [3.63, 3.8) is 0 Å². The van der Waals surface area contributed by atoms with Gasteiger partial charge >= 0.3 is 5.97 Å². The smallest absolute Gasteiger partial charge is 0.344 e. The van der Waals surface area contributed by atoms with Gasteiger partial charge in [-0.25, -0.2) is 4.79 Å².